The molecule has 2 saturated heterocycles. The van der Waals surface area contributed by atoms with E-state index in [0.29, 0.717) is 25.2 Å². The van der Waals surface area contributed by atoms with Gasteiger partial charge in [0.25, 0.3) is 5.91 Å². The Kier molecular flexibility index (Phi) is 4.67. The van der Waals surface area contributed by atoms with E-state index in [0.717, 1.165) is 27.5 Å². The molecule has 6 heteroatoms. The number of carbonyl (C=O) groups excluding carboxylic acids is 2. The zero-order chi connectivity index (χ0) is 21.6. The highest BCUT2D eigenvalue weighted by Crippen LogP contribution is 2.33. The molecule has 2 fully saturated rings. The van der Waals surface area contributed by atoms with E-state index in [1.807, 2.05) is 37.3 Å². The molecule has 1 spiro atoms. The van der Waals surface area contributed by atoms with Crippen LogP contribution in [-0.2, 0) is 4.74 Å². The van der Waals surface area contributed by atoms with Crippen LogP contribution in [0, 0.1) is 0 Å². The van der Waals surface area contributed by atoms with Gasteiger partial charge in [-0.1, -0.05) is 48.5 Å². The summed E-state index contributed by atoms with van der Waals surface area (Å²) in [5.41, 5.74) is 3.67. The summed E-state index contributed by atoms with van der Waals surface area (Å²) in [5, 5.41) is 7.70. The Balaban J connectivity index is 1.49. The Labute approximate surface area is 181 Å². The summed E-state index contributed by atoms with van der Waals surface area (Å²) < 4.78 is 5.48. The molecule has 5 rings (SSSR count). The number of hydrogen-bond acceptors (Lipinski definition) is 3. The Morgan fingerprint density at radius 2 is 1.81 bits per heavy atom. The summed E-state index contributed by atoms with van der Waals surface area (Å²) in [6.45, 7) is 3.64. The van der Waals surface area contributed by atoms with Crippen molar-refractivity contribution < 1.29 is 14.3 Å². The third-order valence-electron chi connectivity index (χ3n) is 6.41. The molecule has 0 bridgehead atoms. The van der Waals surface area contributed by atoms with Gasteiger partial charge >= 0.3 is 6.03 Å². The SMILES string of the molecule is COC(C)c1cccc(-c2cccc3c(C(=O)N4CC5(CNC(=O)N5)C4)cccc23)c1. The summed E-state index contributed by atoms with van der Waals surface area (Å²) in [7, 11) is 1.71. The lowest BCUT2D eigenvalue weighted by Crippen LogP contribution is -2.70. The lowest BCUT2D eigenvalue weighted by atomic mass is 9.89. The largest absolute Gasteiger partial charge is 0.377 e. The monoisotopic (exact) mass is 415 g/mol. The number of likely N-dealkylation sites (tertiary alicyclic amines) is 1. The zero-order valence-corrected chi connectivity index (χ0v) is 17.6. The van der Waals surface area contributed by atoms with Gasteiger partial charge in [0.1, 0.15) is 0 Å². The van der Waals surface area contributed by atoms with Crippen LogP contribution in [0.25, 0.3) is 21.9 Å². The molecule has 1 unspecified atom stereocenters. The van der Waals surface area contributed by atoms with Crippen LogP contribution in [0.15, 0.2) is 60.7 Å². The molecule has 2 N–H and O–H groups in total. The first kappa shape index (κ1) is 19.6. The second-order valence-electron chi connectivity index (χ2n) is 8.46. The molecule has 0 aromatic heterocycles. The van der Waals surface area contributed by atoms with Gasteiger partial charge in [0.15, 0.2) is 0 Å². The van der Waals surface area contributed by atoms with Gasteiger partial charge in [0.2, 0.25) is 0 Å². The van der Waals surface area contributed by atoms with E-state index in [4.69, 9.17) is 4.74 Å². The zero-order valence-electron chi connectivity index (χ0n) is 17.6. The number of nitrogens with one attached hydrogen (secondary N) is 2. The van der Waals surface area contributed by atoms with Gasteiger partial charge in [-0.3, -0.25) is 4.79 Å². The highest BCUT2D eigenvalue weighted by molar-refractivity contribution is 6.10. The topological polar surface area (TPSA) is 70.7 Å². The summed E-state index contributed by atoms with van der Waals surface area (Å²) in [6, 6.07) is 20.2. The number of nitrogens with zero attached hydrogens (tertiary/aromatic N) is 1. The summed E-state index contributed by atoms with van der Waals surface area (Å²) >= 11 is 0. The van der Waals surface area contributed by atoms with Gasteiger partial charge in [-0.25, -0.2) is 4.79 Å². The second-order valence-corrected chi connectivity index (χ2v) is 8.46. The third kappa shape index (κ3) is 3.33. The van der Waals surface area contributed by atoms with Gasteiger partial charge in [0.05, 0.1) is 11.6 Å². The Morgan fingerprint density at radius 1 is 1.06 bits per heavy atom. The Morgan fingerprint density at radius 3 is 2.55 bits per heavy atom. The maximum atomic E-state index is 13.3. The first-order chi connectivity index (χ1) is 15.0. The number of hydrogen-bond donors (Lipinski definition) is 2. The predicted octanol–water partition coefficient (Wildman–Crippen LogP) is 3.72. The minimum atomic E-state index is -0.318. The van der Waals surface area contributed by atoms with Crippen LogP contribution in [0.3, 0.4) is 0 Å². The number of amides is 3. The quantitative estimate of drug-likeness (QED) is 0.682. The number of benzene rings is 3. The number of methoxy groups -OCH3 is 1. The number of rotatable bonds is 4. The van der Waals surface area contributed by atoms with Crippen molar-refractivity contribution in [1.82, 2.24) is 15.5 Å². The molecule has 3 amide bonds. The fraction of sp³-hybridized carbons (Fsp3) is 0.280. The van der Waals surface area contributed by atoms with E-state index < -0.39 is 0 Å². The van der Waals surface area contributed by atoms with Crippen molar-refractivity contribution in [3.8, 4) is 11.1 Å². The first-order valence-electron chi connectivity index (χ1n) is 10.5. The summed E-state index contributed by atoms with van der Waals surface area (Å²) in [4.78, 5) is 26.6. The third-order valence-corrected chi connectivity index (χ3v) is 6.41. The van der Waals surface area contributed by atoms with Crippen LogP contribution in [0.2, 0.25) is 0 Å². The minimum Gasteiger partial charge on any atom is -0.377 e. The van der Waals surface area contributed by atoms with Crippen molar-refractivity contribution in [2.24, 2.45) is 0 Å². The van der Waals surface area contributed by atoms with Crippen LogP contribution >= 0.6 is 0 Å². The molecule has 2 aliphatic rings. The molecule has 0 radical (unpaired) electrons. The normalized spacial score (nSPS) is 17.9. The van der Waals surface area contributed by atoms with Crippen molar-refractivity contribution in [1.29, 1.82) is 0 Å². The fourth-order valence-electron chi connectivity index (χ4n) is 4.61. The van der Waals surface area contributed by atoms with Crippen molar-refractivity contribution in [2.45, 2.75) is 18.6 Å². The van der Waals surface area contributed by atoms with Gasteiger partial charge in [-0.05, 0) is 46.5 Å². The average molecular weight is 415 g/mol. The lowest BCUT2D eigenvalue weighted by Gasteiger charge is -2.47. The van der Waals surface area contributed by atoms with E-state index in [-0.39, 0.29) is 23.6 Å². The minimum absolute atomic E-state index is 0.00344. The molecule has 2 heterocycles. The maximum Gasteiger partial charge on any atom is 0.315 e. The van der Waals surface area contributed by atoms with Crippen LogP contribution < -0.4 is 10.6 Å². The molecule has 1 atom stereocenters. The highest BCUT2D eigenvalue weighted by atomic mass is 16.5. The van der Waals surface area contributed by atoms with Crippen LogP contribution in [0.1, 0.15) is 28.9 Å². The van der Waals surface area contributed by atoms with E-state index in [9.17, 15) is 9.59 Å². The molecule has 6 nitrogen and oxygen atoms in total. The smallest absolute Gasteiger partial charge is 0.315 e. The number of ether oxygens (including phenoxy) is 1. The van der Waals surface area contributed by atoms with Gasteiger partial charge < -0.3 is 20.3 Å². The Bertz CT molecular complexity index is 1180. The summed E-state index contributed by atoms with van der Waals surface area (Å²) in [6.07, 6.45) is 0.0105. The van der Waals surface area contributed by atoms with Crippen LogP contribution in [0.4, 0.5) is 4.79 Å². The van der Waals surface area contributed by atoms with Crippen molar-refractivity contribution >= 4 is 22.7 Å². The first-order valence-corrected chi connectivity index (χ1v) is 10.5. The second kappa shape index (κ2) is 7.39. The standard InChI is InChI=1S/C25H25N3O3/c1-16(31-2)17-6-3-7-18(12-17)19-8-4-10-21-20(19)9-5-11-22(21)23(29)28-14-25(15-28)13-26-24(30)27-25/h3-12,16H,13-15H2,1-2H3,(H2,26,27,30). The maximum absolute atomic E-state index is 13.3. The molecule has 158 valence electrons. The van der Waals surface area contributed by atoms with E-state index in [2.05, 4.69) is 41.0 Å². The average Bonchev–Trinajstić information content (AvgIpc) is 3.18. The van der Waals surface area contributed by atoms with E-state index in [1.165, 1.54) is 0 Å². The fourth-order valence-corrected chi connectivity index (χ4v) is 4.61. The molecule has 0 saturated carbocycles. The molecule has 31 heavy (non-hydrogen) atoms. The number of urea groups is 1. The highest BCUT2D eigenvalue weighted by Gasteiger charge is 2.49. The number of carbonyl (C=O) groups is 2. The molecular weight excluding hydrogens is 390 g/mol. The van der Waals surface area contributed by atoms with Gasteiger partial charge in [-0.2, -0.15) is 0 Å². The number of fused-ring (bicyclic) bond motifs is 1. The van der Waals surface area contributed by atoms with Crippen molar-refractivity contribution in [3.05, 3.63) is 71.8 Å². The summed E-state index contributed by atoms with van der Waals surface area (Å²) in [5.74, 6) is -0.00344. The van der Waals surface area contributed by atoms with E-state index in [1.54, 1.807) is 12.0 Å². The van der Waals surface area contributed by atoms with Crippen LogP contribution in [-0.4, -0.2) is 49.1 Å². The molecule has 0 aliphatic carbocycles. The predicted molar refractivity (Wildman–Crippen MR) is 120 cm³/mol. The van der Waals surface area contributed by atoms with Crippen LogP contribution in [0.5, 0.6) is 0 Å². The molecule has 3 aromatic rings. The lowest BCUT2D eigenvalue weighted by molar-refractivity contribution is 0.0399. The van der Waals surface area contributed by atoms with Gasteiger partial charge in [-0.15, -0.1) is 0 Å². The molecule has 2 aliphatic heterocycles. The van der Waals surface area contributed by atoms with Crippen molar-refractivity contribution in [3.63, 3.8) is 0 Å². The molecular formula is C25H25N3O3. The molecule has 3 aromatic carbocycles. The van der Waals surface area contributed by atoms with E-state index >= 15 is 0 Å². The van der Waals surface area contributed by atoms with Crippen molar-refractivity contribution in [2.75, 3.05) is 26.7 Å². The Hall–Kier alpha value is -3.38. The van der Waals surface area contributed by atoms with Gasteiger partial charge in [0, 0.05) is 32.3 Å².